The van der Waals surface area contributed by atoms with Crippen molar-refractivity contribution in [3.8, 4) is 5.75 Å². The first-order chi connectivity index (χ1) is 8.36. The Hall–Kier alpha value is -1.80. The number of benzene rings is 1. The lowest BCUT2D eigenvalue weighted by molar-refractivity contribution is -0.140. The van der Waals surface area contributed by atoms with E-state index in [2.05, 4.69) is 10.1 Å². The first-order valence-corrected chi connectivity index (χ1v) is 6.35. The largest absolute Gasteiger partial charge is 0.744 e. The molecule has 1 rings (SSSR count). The van der Waals surface area contributed by atoms with Crippen molar-refractivity contribution in [2.45, 2.75) is 11.3 Å². The maximum absolute atomic E-state index is 11.0. The highest BCUT2D eigenvalue weighted by atomic mass is 32.2. The number of carbonyl (C=O) groups is 1. The van der Waals surface area contributed by atoms with E-state index in [0.717, 1.165) is 6.07 Å². The standard InChI is InChI=1S/C10H13NO6S/c1-17-9(13)5-6-11-7-3-2-4-8(12)10(7)18(14,15)16/h2-4,11-12H,5-6H2,1H3,(H,14,15,16)/p-1. The van der Waals surface area contributed by atoms with E-state index in [4.69, 9.17) is 0 Å². The second-order valence-corrected chi connectivity index (χ2v) is 4.68. The molecule has 0 amide bonds. The number of hydrogen-bond donors (Lipinski definition) is 2. The molecule has 0 aliphatic heterocycles. The van der Waals surface area contributed by atoms with Crippen molar-refractivity contribution >= 4 is 21.8 Å². The van der Waals surface area contributed by atoms with Crippen molar-refractivity contribution in [3.63, 3.8) is 0 Å². The van der Waals surface area contributed by atoms with Gasteiger partial charge in [0, 0.05) is 6.54 Å². The highest BCUT2D eigenvalue weighted by Crippen LogP contribution is 2.29. The summed E-state index contributed by atoms with van der Waals surface area (Å²) < 4.78 is 37.3. The maximum Gasteiger partial charge on any atom is 0.307 e. The number of phenols is 1. The van der Waals surface area contributed by atoms with Gasteiger partial charge < -0.3 is 19.7 Å². The van der Waals surface area contributed by atoms with Gasteiger partial charge in [0.1, 0.15) is 20.8 Å². The van der Waals surface area contributed by atoms with Gasteiger partial charge in [0.05, 0.1) is 19.2 Å². The van der Waals surface area contributed by atoms with Crippen LogP contribution in [0.15, 0.2) is 23.1 Å². The van der Waals surface area contributed by atoms with E-state index in [1.54, 1.807) is 0 Å². The van der Waals surface area contributed by atoms with E-state index in [-0.39, 0.29) is 18.7 Å². The molecule has 1 aromatic rings. The van der Waals surface area contributed by atoms with Crippen LogP contribution in [-0.4, -0.2) is 37.7 Å². The molecule has 0 fully saturated rings. The highest BCUT2D eigenvalue weighted by molar-refractivity contribution is 7.86. The minimum absolute atomic E-state index is 0.00447. The molecule has 0 bridgehead atoms. The second kappa shape index (κ2) is 5.69. The molecule has 0 aliphatic rings. The summed E-state index contributed by atoms with van der Waals surface area (Å²) in [5, 5.41) is 12.0. The van der Waals surface area contributed by atoms with Crippen LogP contribution in [0.2, 0.25) is 0 Å². The number of nitrogens with one attached hydrogen (secondary N) is 1. The van der Waals surface area contributed by atoms with E-state index in [1.165, 1.54) is 19.2 Å². The summed E-state index contributed by atoms with van der Waals surface area (Å²) in [6.07, 6.45) is 0.00447. The van der Waals surface area contributed by atoms with E-state index in [9.17, 15) is 22.9 Å². The molecular weight excluding hydrogens is 262 g/mol. The molecule has 2 N–H and O–H groups in total. The third kappa shape index (κ3) is 3.60. The number of hydrogen-bond acceptors (Lipinski definition) is 7. The van der Waals surface area contributed by atoms with Crippen LogP contribution in [0.1, 0.15) is 6.42 Å². The molecule has 0 aromatic heterocycles. The van der Waals surface area contributed by atoms with Crippen LogP contribution in [0.4, 0.5) is 5.69 Å². The van der Waals surface area contributed by atoms with Crippen molar-refractivity contribution in [2.75, 3.05) is 19.0 Å². The number of aromatic hydroxyl groups is 1. The molecule has 7 nitrogen and oxygen atoms in total. The van der Waals surface area contributed by atoms with Crippen LogP contribution in [0, 0.1) is 0 Å². The average molecular weight is 274 g/mol. The number of esters is 1. The Bertz CT molecular complexity index is 539. The van der Waals surface area contributed by atoms with Gasteiger partial charge in [0.15, 0.2) is 0 Å². The number of anilines is 1. The summed E-state index contributed by atoms with van der Waals surface area (Å²) in [6.45, 7) is 0.0820. The summed E-state index contributed by atoms with van der Waals surface area (Å²) >= 11 is 0. The van der Waals surface area contributed by atoms with E-state index in [0.29, 0.717) is 0 Å². The summed E-state index contributed by atoms with van der Waals surface area (Å²) in [5.74, 6) is -1.11. The van der Waals surface area contributed by atoms with E-state index < -0.39 is 26.7 Å². The molecule has 0 spiro atoms. The molecule has 18 heavy (non-hydrogen) atoms. The van der Waals surface area contributed by atoms with Gasteiger partial charge in [0.25, 0.3) is 0 Å². The molecule has 0 saturated carbocycles. The fraction of sp³-hybridized carbons (Fsp3) is 0.300. The average Bonchev–Trinajstić information content (AvgIpc) is 2.27. The van der Waals surface area contributed by atoms with Crippen molar-refractivity contribution in [2.24, 2.45) is 0 Å². The number of ether oxygens (including phenoxy) is 1. The zero-order chi connectivity index (χ0) is 13.8. The van der Waals surface area contributed by atoms with E-state index in [1.807, 2.05) is 0 Å². The smallest absolute Gasteiger partial charge is 0.307 e. The molecule has 0 aliphatic carbocycles. The minimum atomic E-state index is -4.80. The Morgan fingerprint density at radius 3 is 2.72 bits per heavy atom. The lowest BCUT2D eigenvalue weighted by Crippen LogP contribution is -2.12. The maximum atomic E-state index is 11.0. The van der Waals surface area contributed by atoms with Gasteiger partial charge >= 0.3 is 5.97 Å². The predicted molar refractivity (Wildman–Crippen MR) is 61.2 cm³/mol. The van der Waals surface area contributed by atoms with Crippen LogP contribution in [0.3, 0.4) is 0 Å². The van der Waals surface area contributed by atoms with Gasteiger partial charge in [-0.25, -0.2) is 8.42 Å². The lowest BCUT2D eigenvalue weighted by atomic mass is 10.3. The molecular formula is C10H12NO6S-. The molecule has 0 radical (unpaired) electrons. The molecule has 8 heteroatoms. The monoisotopic (exact) mass is 274 g/mol. The van der Waals surface area contributed by atoms with Crippen molar-refractivity contribution < 1.29 is 27.6 Å². The fourth-order valence-corrected chi connectivity index (χ4v) is 2.06. The minimum Gasteiger partial charge on any atom is -0.744 e. The topological polar surface area (TPSA) is 116 Å². The Morgan fingerprint density at radius 2 is 2.17 bits per heavy atom. The zero-order valence-electron chi connectivity index (χ0n) is 9.54. The summed E-state index contributed by atoms with van der Waals surface area (Å²) in [4.78, 5) is 10.1. The first kappa shape index (κ1) is 14.3. The van der Waals surface area contributed by atoms with Crippen molar-refractivity contribution in [1.29, 1.82) is 0 Å². The summed E-state index contributed by atoms with van der Waals surface area (Å²) in [5.41, 5.74) is -0.0473. The van der Waals surface area contributed by atoms with Crippen molar-refractivity contribution in [1.82, 2.24) is 0 Å². The normalized spacial score (nSPS) is 11.0. The number of carbonyl (C=O) groups excluding carboxylic acids is 1. The van der Waals surface area contributed by atoms with Gasteiger partial charge in [-0.05, 0) is 12.1 Å². The molecule has 0 saturated heterocycles. The molecule has 0 unspecified atom stereocenters. The van der Waals surface area contributed by atoms with Crippen molar-refractivity contribution in [3.05, 3.63) is 18.2 Å². The van der Waals surface area contributed by atoms with Crippen LogP contribution in [0.5, 0.6) is 5.75 Å². The van der Waals surface area contributed by atoms with Crippen LogP contribution < -0.4 is 5.32 Å². The first-order valence-electron chi connectivity index (χ1n) is 4.95. The molecule has 0 atom stereocenters. The number of rotatable bonds is 5. The molecule has 100 valence electrons. The fourth-order valence-electron chi connectivity index (χ4n) is 1.33. The Labute approximate surface area is 104 Å². The van der Waals surface area contributed by atoms with Gasteiger partial charge in [-0.2, -0.15) is 0 Å². The molecule has 1 aromatic carbocycles. The number of methoxy groups -OCH3 is 1. The third-order valence-electron chi connectivity index (χ3n) is 2.12. The summed E-state index contributed by atoms with van der Waals surface area (Å²) in [7, 11) is -3.57. The molecule has 0 heterocycles. The van der Waals surface area contributed by atoms with Gasteiger partial charge in [0.2, 0.25) is 0 Å². The van der Waals surface area contributed by atoms with Gasteiger partial charge in [-0.1, -0.05) is 6.07 Å². The third-order valence-corrected chi connectivity index (χ3v) is 3.05. The van der Waals surface area contributed by atoms with E-state index >= 15 is 0 Å². The van der Waals surface area contributed by atoms with Gasteiger partial charge in [-0.15, -0.1) is 0 Å². The Balaban J connectivity index is 2.90. The van der Waals surface area contributed by atoms with Crippen LogP contribution in [-0.2, 0) is 19.6 Å². The summed E-state index contributed by atoms with van der Waals surface area (Å²) in [6, 6.07) is 3.79. The number of phenolic OH excluding ortho intramolecular Hbond substituents is 1. The highest BCUT2D eigenvalue weighted by Gasteiger charge is 2.14. The van der Waals surface area contributed by atoms with Gasteiger partial charge in [-0.3, -0.25) is 4.79 Å². The Kier molecular flexibility index (Phi) is 4.51. The van der Waals surface area contributed by atoms with Crippen LogP contribution >= 0.6 is 0 Å². The quantitative estimate of drug-likeness (QED) is 0.584. The zero-order valence-corrected chi connectivity index (χ0v) is 10.4. The SMILES string of the molecule is COC(=O)CCNc1cccc(O)c1S(=O)(=O)[O-]. The lowest BCUT2D eigenvalue weighted by Gasteiger charge is -2.15. The Morgan fingerprint density at radius 1 is 1.50 bits per heavy atom. The second-order valence-electron chi connectivity index (χ2n) is 3.36. The predicted octanol–water partition coefficient (Wildman–Crippen LogP) is 0.271. The van der Waals surface area contributed by atoms with Crippen LogP contribution in [0.25, 0.3) is 0 Å².